The summed E-state index contributed by atoms with van der Waals surface area (Å²) in [6, 6.07) is 11.7. The van der Waals surface area contributed by atoms with E-state index in [9.17, 15) is 14.9 Å². The fourth-order valence-corrected chi connectivity index (χ4v) is 1.94. The Morgan fingerprint density at radius 2 is 1.86 bits per heavy atom. The number of hydrogen-bond acceptors (Lipinski definition) is 4. The highest BCUT2D eigenvalue weighted by molar-refractivity contribution is 6.05. The van der Waals surface area contributed by atoms with E-state index in [4.69, 9.17) is 0 Å². The Morgan fingerprint density at radius 3 is 2.48 bits per heavy atom. The Bertz CT molecular complexity index is 698. The number of nitro benzene ring substituents is 1. The molecule has 2 aromatic rings. The van der Waals surface area contributed by atoms with Crippen molar-refractivity contribution in [3.05, 3.63) is 63.7 Å². The largest absolute Gasteiger partial charge is 0.383 e. The van der Waals surface area contributed by atoms with Crippen molar-refractivity contribution < 1.29 is 9.72 Å². The maximum atomic E-state index is 12.2. The maximum Gasteiger partial charge on any atom is 0.293 e. The number of carbonyl (C=O) groups is 1. The van der Waals surface area contributed by atoms with Gasteiger partial charge in [-0.15, -0.1) is 0 Å². The number of nitrogens with one attached hydrogen (secondary N) is 2. The van der Waals surface area contributed by atoms with Crippen LogP contribution < -0.4 is 10.6 Å². The summed E-state index contributed by atoms with van der Waals surface area (Å²) in [4.78, 5) is 22.7. The van der Waals surface area contributed by atoms with Crippen LogP contribution in [0.25, 0.3) is 0 Å². The van der Waals surface area contributed by atoms with Crippen LogP contribution in [0.2, 0.25) is 0 Å². The molecule has 0 fully saturated rings. The van der Waals surface area contributed by atoms with E-state index < -0.39 is 4.92 Å². The second-order valence-corrected chi connectivity index (χ2v) is 4.51. The van der Waals surface area contributed by atoms with Gasteiger partial charge in [-0.05, 0) is 30.7 Å². The molecule has 0 spiro atoms. The Balaban J connectivity index is 2.30. The molecular weight excluding hydrogens is 270 g/mol. The lowest BCUT2D eigenvalue weighted by Crippen LogP contribution is -2.13. The number of nitrogens with zero attached hydrogens (tertiary/aromatic N) is 1. The van der Waals surface area contributed by atoms with Gasteiger partial charge in [0.15, 0.2) is 0 Å². The van der Waals surface area contributed by atoms with Gasteiger partial charge in [-0.25, -0.2) is 0 Å². The smallest absolute Gasteiger partial charge is 0.293 e. The SMILES string of the molecule is CNc1ccc(C(=O)Nc2ccccc2C)cc1[N+](=O)[O-]. The summed E-state index contributed by atoms with van der Waals surface area (Å²) in [6.07, 6.45) is 0. The number of para-hydroxylation sites is 1. The minimum Gasteiger partial charge on any atom is -0.383 e. The van der Waals surface area contributed by atoms with Gasteiger partial charge in [0, 0.05) is 24.4 Å². The van der Waals surface area contributed by atoms with Crippen LogP contribution >= 0.6 is 0 Å². The number of nitro groups is 1. The first-order chi connectivity index (χ1) is 10.0. The van der Waals surface area contributed by atoms with Crippen molar-refractivity contribution in [1.82, 2.24) is 0 Å². The molecule has 6 heteroatoms. The molecule has 0 heterocycles. The van der Waals surface area contributed by atoms with Crippen LogP contribution in [-0.4, -0.2) is 17.9 Å². The molecule has 108 valence electrons. The first-order valence-electron chi connectivity index (χ1n) is 6.36. The molecule has 0 radical (unpaired) electrons. The van der Waals surface area contributed by atoms with Gasteiger partial charge < -0.3 is 10.6 Å². The third-order valence-corrected chi connectivity index (χ3v) is 3.12. The number of hydrogen-bond donors (Lipinski definition) is 2. The zero-order chi connectivity index (χ0) is 15.4. The standard InChI is InChI=1S/C15H15N3O3/c1-10-5-3-4-6-12(10)17-15(19)11-7-8-13(16-2)14(9-11)18(20)21/h3-9,16H,1-2H3,(H,17,19). The van der Waals surface area contributed by atoms with Gasteiger partial charge in [-0.1, -0.05) is 18.2 Å². The predicted octanol–water partition coefficient (Wildman–Crippen LogP) is 3.20. The van der Waals surface area contributed by atoms with Crippen LogP contribution in [-0.2, 0) is 0 Å². The molecule has 2 aromatic carbocycles. The summed E-state index contributed by atoms with van der Waals surface area (Å²) in [6.45, 7) is 1.88. The van der Waals surface area contributed by atoms with E-state index in [2.05, 4.69) is 10.6 Å². The third-order valence-electron chi connectivity index (χ3n) is 3.12. The molecular formula is C15H15N3O3. The fourth-order valence-electron chi connectivity index (χ4n) is 1.94. The van der Waals surface area contributed by atoms with Crippen LogP contribution in [0.4, 0.5) is 17.1 Å². The van der Waals surface area contributed by atoms with E-state index in [-0.39, 0.29) is 17.2 Å². The highest BCUT2D eigenvalue weighted by atomic mass is 16.6. The predicted molar refractivity (Wildman–Crippen MR) is 81.8 cm³/mol. The van der Waals surface area contributed by atoms with Gasteiger partial charge in [0.05, 0.1) is 4.92 Å². The Morgan fingerprint density at radius 1 is 1.14 bits per heavy atom. The van der Waals surface area contributed by atoms with Crippen molar-refractivity contribution in [2.75, 3.05) is 17.7 Å². The van der Waals surface area contributed by atoms with Gasteiger partial charge >= 0.3 is 0 Å². The van der Waals surface area contributed by atoms with E-state index in [0.29, 0.717) is 11.4 Å². The quantitative estimate of drug-likeness (QED) is 0.667. The summed E-state index contributed by atoms with van der Waals surface area (Å²) in [5.41, 5.74) is 2.08. The van der Waals surface area contributed by atoms with E-state index in [0.717, 1.165) is 5.56 Å². The molecule has 0 aliphatic rings. The second-order valence-electron chi connectivity index (χ2n) is 4.51. The first kappa shape index (κ1) is 14.5. The molecule has 2 N–H and O–H groups in total. The van der Waals surface area contributed by atoms with Crippen LogP contribution in [0, 0.1) is 17.0 Å². The van der Waals surface area contributed by atoms with Crippen LogP contribution in [0.3, 0.4) is 0 Å². The lowest BCUT2D eigenvalue weighted by molar-refractivity contribution is -0.384. The zero-order valence-corrected chi connectivity index (χ0v) is 11.7. The molecule has 6 nitrogen and oxygen atoms in total. The highest BCUT2D eigenvalue weighted by Gasteiger charge is 2.17. The summed E-state index contributed by atoms with van der Waals surface area (Å²) in [7, 11) is 1.59. The topological polar surface area (TPSA) is 84.3 Å². The number of aryl methyl sites for hydroxylation is 1. The molecule has 0 saturated heterocycles. The number of anilines is 2. The lowest BCUT2D eigenvalue weighted by atomic mass is 10.1. The van der Waals surface area contributed by atoms with Crippen LogP contribution in [0.5, 0.6) is 0 Å². The molecule has 21 heavy (non-hydrogen) atoms. The Kier molecular flexibility index (Phi) is 4.18. The van der Waals surface area contributed by atoms with Crippen LogP contribution in [0.15, 0.2) is 42.5 Å². The lowest BCUT2D eigenvalue weighted by Gasteiger charge is -2.09. The normalized spacial score (nSPS) is 10.0. The Hall–Kier alpha value is -2.89. The molecule has 2 rings (SSSR count). The molecule has 0 saturated carbocycles. The van der Waals surface area contributed by atoms with Crippen molar-refractivity contribution in [1.29, 1.82) is 0 Å². The van der Waals surface area contributed by atoms with E-state index in [1.807, 2.05) is 25.1 Å². The number of amides is 1. The monoisotopic (exact) mass is 285 g/mol. The molecule has 0 aromatic heterocycles. The van der Waals surface area contributed by atoms with Crippen molar-refractivity contribution in [3.63, 3.8) is 0 Å². The van der Waals surface area contributed by atoms with E-state index >= 15 is 0 Å². The van der Waals surface area contributed by atoms with Gasteiger partial charge in [0.2, 0.25) is 0 Å². The van der Waals surface area contributed by atoms with Crippen molar-refractivity contribution in [2.45, 2.75) is 6.92 Å². The summed E-state index contributed by atoms with van der Waals surface area (Å²) in [5, 5.41) is 16.5. The fraction of sp³-hybridized carbons (Fsp3) is 0.133. The molecule has 0 atom stereocenters. The molecule has 0 aliphatic heterocycles. The first-order valence-corrected chi connectivity index (χ1v) is 6.36. The van der Waals surface area contributed by atoms with E-state index in [1.54, 1.807) is 19.2 Å². The average Bonchev–Trinajstić information content (AvgIpc) is 2.48. The minimum atomic E-state index is -0.517. The van der Waals surface area contributed by atoms with Gasteiger partial charge in [0.25, 0.3) is 11.6 Å². The molecule has 0 bridgehead atoms. The van der Waals surface area contributed by atoms with Gasteiger partial charge in [-0.3, -0.25) is 14.9 Å². The summed E-state index contributed by atoms with van der Waals surface area (Å²) >= 11 is 0. The molecule has 0 aliphatic carbocycles. The van der Waals surface area contributed by atoms with Crippen molar-refractivity contribution in [3.8, 4) is 0 Å². The highest BCUT2D eigenvalue weighted by Crippen LogP contribution is 2.25. The van der Waals surface area contributed by atoms with Crippen molar-refractivity contribution in [2.24, 2.45) is 0 Å². The zero-order valence-electron chi connectivity index (χ0n) is 11.7. The Labute approximate surface area is 121 Å². The maximum absolute atomic E-state index is 12.2. The van der Waals surface area contributed by atoms with Crippen LogP contribution in [0.1, 0.15) is 15.9 Å². The minimum absolute atomic E-state index is 0.130. The summed E-state index contributed by atoms with van der Waals surface area (Å²) in [5.74, 6) is -0.380. The second kappa shape index (κ2) is 6.04. The van der Waals surface area contributed by atoms with E-state index in [1.165, 1.54) is 12.1 Å². The number of carbonyl (C=O) groups excluding carboxylic acids is 1. The molecule has 1 amide bonds. The number of rotatable bonds is 4. The molecule has 0 unspecified atom stereocenters. The average molecular weight is 285 g/mol. The van der Waals surface area contributed by atoms with Gasteiger partial charge in [0.1, 0.15) is 5.69 Å². The third kappa shape index (κ3) is 3.17. The number of benzene rings is 2. The van der Waals surface area contributed by atoms with Gasteiger partial charge in [-0.2, -0.15) is 0 Å². The van der Waals surface area contributed by atoms with Crippen molar-refractivity contribution >= 4 is 23.0 Å². The summed E-state index contributed by atoms with van der Waals surface area (Å²) < 4.78 is 0.